The molecule has 2 aliphatic heterocycles. The van der Waals surface area contributed by atoms with Crippen LogP contribution in [0.3, 0.4) is 0 Å². The Bertz CT molecular complexity index is 849. The second-order valence-electron chi connectivity index (χ2n) is 6.53. The van der Waals surface area contributed by atoms with E-state index in [1.54, 1.807) is 18.2 Å². The predicted molar refractivity (Wildman–Crippen MR) is 102 cm³/mol. The topological polar surface area (TPSA) is 59.9 Å². The molecule has 1 fully saturated rings. The Morgan fingerprint density at radius 1 is 1.30 bits per heavy atom. The van der Waals surface area contributed by atoms with Crippen LogP contribution >= 0.6 is 22.9 Å². The number of ether oxygens (including phenoxy) is 1. The minimum Gasteiger partial charge on any atom is -0.382 e. The van der Waals surface area contributed by atoms with E-state index in [2.05, 4.69) is 10.5 Å². The number of amides is 1. The molecule has 0 radical (unpaired) electrons. The molecule has 0 unspecified atom stereocenters. The number of carbonyl (C=O) groups is 1. The normalized spacial score (nSPS) is 23.0. The summed E-state index contributed by atoms with van der Waals surface area (Å²) in [5.41, 5.74) is 1.52. The molecule has 27 heavy (non-hydrogen) atoms. The van der Waals surface area contributed by atoms with E-state index in [-0.39, 0.29) is 23.9 Å². The lowest BCUT2D eigenvalue weighted by Crippen LogP contribution is -2.41. The first-order chi connectivity index (χ1) is 13.1. The van der Waals surface area contributed by atoms with Gasteiger partial charge < -0.3 is 14.9 Å². The van der Waals surface area contributed by atoms with Gasteiger partial charge in [-0.15, -0.1) is 11.3 Å². The van der Waals surface area contributed by atoms with Gasteiger partial charge in [-0.3, -0.25) is 4.79 Å². The number of rotatable bonds is 5. The van der Waals surface area contributed by atoms with Gasteiger partial charge in [-0.1, -0.05) is 28.9 Å². The number of carbonyl (C=O) groups excluding carboxylic acids is 1. The molecule has 3 atom stereocenters. The van der Waals surface area contributed by atoms with Crippen LogP contribution in [0.25, 0.3) is 0 Å². The van der Waals surface area contributed by atoms with Crippen molar-refractivity contribution in [2.24, 2.45) is 5.16 Å². The number of hydrogen-bond acceptors (Lipinski definition) is 5. The molecule has 0 aliphatic carbocycles. The number of hydrogen-bond donors (Lipinski definition) is 1. The van der Waals surface area contributed by atoms with E-state index in [1.165, 1.54) is 23.5 Å². The van der Waals surface area contributed by atoms with E-state index in [9.17, 15) is 9.18 Å². The van der Waals surface area contributed by atoms with Gasteiger partial charge in [-0.05, 0) is 42.7 Å². The Morgan fingerprint density at radius 2 is 2.11 bits per heavy atom. The minimum atomic E-state index is -0.703. The lowest BCUT2D eigenvalue weighted by molar-refractivity contribution is -0.133. The van der Waals surface area contributed by atoms with Crippen molar-refractivity contribution in [3.63, 3.8) is 0 Å². The molecule has 0 spiro atoms. The smallest absolute Gasteiger partial charge is 0.264 e. The third-order valence-corrected chi connectivity index (χ3v) is 5.96. The van der Waals surface area contributed by atoms with Crippen molar-refractivity contribution in [2.75, 3.05) is 6.61 Å². The van der Waals surface area contributed by atoms with Crippen LogP contribution in [0.15, 0.2) is 41.6 Å². The third kappa shape index (κ3) is 4.15. The predicted octanol–water partition coefficient (Wildman–Crippen LogP) is 4.07. The van der Waals surface area contributed by atoms with Crippen LogP contribution in [-0.4, -0.2) is 30.4 Å². The van der Waals surface area contributed by atoms with E-state index in [1.807, 2.05) is 6.07 Å². The summed E-state index contributed by atoms with van der Waals surface area (Å²) in [5.74, 6) is -0.579. The zero-order valence-corrected chi connectivity index (χ0v) is 15.9. The number of benzene rings is 1. The molecule has 1 aromatic heterocycles. The lowest BCUT2D eigenvalue weighted by Gasteiger charge is -2.25. The third-order valence-electron chi connectivity index (χ3n) is 4.68. The fourth-order valence-corrected chi connectivity index (χ4v) is 4.34. The average Bonchev–Trinajstić information content (AvgIpc) is 3.41. The number of nitrogens with zero attached hydrogens (tertiary/aromatic N) is 1. The summed E-state index contributed by atoms with van der Waals surface area (Å²) >= 11 is 7.36. The van der Waals surface area contributed by atoms with E-state index < -0.39 is 6.10 Å². The van der Waals surface area contributed by atoms with Gasteiger partial charge in [0.15, 0.2) is 0 Å². The molecule has 5 nitrogen and oxygen atoms in total. The van der Waals surface area contributed by atoms with Crippen molar-refractivity contribution in [2.45, 2.75) is 37.5 Å². The first kappa shape index (κ1) is 18.4. The molecule has 1 aromatic carbocycles. The molecule has 0 saturated carbocycles. The van der Waals surface area contributed by atoms with E-state index >= 15 is 0 Å². The average molecular weight is 409 g/mol. The summed E-state index contributed by atoms with van der Waals surface area (Å²) in [7, 11) is 0. The summed E-state index contributed by atoms with van der Waals surface area (Å²) in [6, 6.07) is 9.42. The quantitative estimate of drug-likeness (QED) is 0.811. The number of halogens is 2. The summed E-state index contributed by atoms with van der Waals surface area (Å²) < 4.78 is 19.7. The van der Waals surface area contributed by atoms with Crippen LogP contribution in [0.2, 0.25) is 4.34 Å². The highest BCUT2D eigenvalue weighted by Gasteiger charge is 2.34. The molecular weight excluding hydrogens is 391 g/mol. The van der Waals surface area contributed by atoms with Crippen molar-refractivity contribution < 1.29 is 18.8 Å². The van der Waals surface area contributed by atoms with Gasteiger partial charge in [0.1, 0.15) is 11.5 Å². The van der Waals surface area contributed by atoms with Crippen molar-refractivity contribution in [1.82, 2.24) is 5.32 Å². The SMILES string of the molecule is O=C(N[C@H](c1ccc(F)cc1)[C@H]1CCCO1)[C@H]1CC(c2ccc(Cl)s2)=NO1. The summed E-state index contributed by atoms with van der Waals surface area (Å²) in [4.78, 5) is 19.0. The second kappa shape index (κ2) is 7.96. The highest BCUT2D eigenvalue weighted by Crippen LogP contribution is 2.29. The lowest BCUT2D eigenvalue weighted by atomic mass is 9.98. The highest BCUT2D eigenvalue weighted by molar-refractivity contribution is 7.18. The zero-order chi connectivity index (χ0) is 18.8. The standard InChI is InChI=1S/C19H18ClFN2O3S/c20-17-8-7-16(27-17)13-10-15(26-23-13)19(24)22-18(14-2-1-9-25-14)11-3-5-12(21)6-4-11/h3-8,14-15,18H,1-2,9-10H2,(H,22,24)/t14-,15-,18-/m1/s1. The van der Waals surface area contributed by atoms with Gasteiger partial charge >= 0.3 is 0 Å². The largest absolute Gasteiger partial charge is 0.382 e. The summed E-state index contributed by atoms with van der Waals surface area (Å²) in [6.07, 6.45) is 1.31. The molecule has 4 rings (SSSR count). The maximum atomic E-state index is 13.3. The molecule has 3 heterocycles. The Balaban J connectivity index is 1.45. The molecule has 0 bridgehead atoms. The Labute approximate surface area is 165 Å². The van der Waals surface area contributed by atoms with Gasteiger partial charge in [-0.25, -0.2) is 4.39 Å². The van der Waals surface area contributed by atoms with Gasteiger partial charge in [0, 0.05) is 13.0 Å². The van der Waals surface area contributed by atoms with Crippen molar-refractivity contribution in [1.29, 1.82) is 0 Å². The second-order valence-corrected chi connectivity index (χ2v) is 8.24. The van der Waals surface area contributed by atoms with Gasteiger partial charge in [0.05, 0.1) is 21.4 Å². The molecule has 2 aromatic rings. The van der Waals surface area contributed by atoms with Crippen LogP contribution < -0.4 is 5.32 Å². The van der Waals surface area contributed by atoms with Crippen molar-refractivity contribution >= 4 is 34.6 Å². The highest BCUT2D eigenvalue weighted by atomic mass is 35.5. The number of thiophene rings is 1. The number of oxime groups is 1. The fraction of sp³-hybridized carbons (Fsp3) is 0.368. The van der Waals surface area contributed by atoms with Crippen LogP contribution in [-0.2, 0) is 14.4 Å². The Hall–Kier alpha value is -1.96. The van der Waals surface area contributed by atoms with Crippen molar-refractivity contribution in [3.8, 4) is 0 Å². The zero-order valence-electron chi connectivity index (χ0n) is 14.4. The van der Waals surface area contributed by atoms with E-state index in [0.29, 0.717) is 23.1 Å². The van der Waals surface area contributed by atoms with Crippen LogP contribution in [0.1, 0.15) is 35.7 Å². The first-order valence-corrected chi connectivity index (χ1v) is 9.95. The van der Waals surface area contributed by atoms with Gasteiger partial charge in [0.2, 0.25) is 6.10 Å². The Kier molecular flexibility index (Phi) is 5.43. The van der Waals surface area contributed by atoms with Gasteiger partial charge in [-0.2, -0.15) is 0 Å². The summed E-state index contributed by atoms with van der Waals surface area (Å²) in [6.45, 7) is 0.657. The van der Waals surface area contributed by atoms with Crippen LogP contribution in [0.4, 0.5) is 4.39 Å². The van der Waals surface area contributed by atoms with E-state index in [0.717, 1.165) is 23.3 Å². The molecular formula is C19H18ClFN2O3S. The van der Waals surface area contributed by atoms with E-state index in [4.69, 9.17) is 21.2 Å². The number of nitrogens with one attached hydrogen (secondary N) is 1. The molecule has 1 N–H and O–H groups in total. The fourth-order valence-electron chi connectivity index (χ4n) is 3.31. The monoisotopic (exact) mass is 408 g/mol. The maximum Gasteiger partial charge on any atom is 0.264 e. The van der Waals surface area contributed by atoms with Crippen molar-refractivity contribution in [3.05, 3.63) is 57.0 Å². The Morgan fingerprint density at radius 3 is 2.78 bits per heavy atom. The first-order valence-electron chi connectivity index (χ1n) is 8.76. The molecule has 142 valence electrons. The van der Waals surface area contributed by atoms with Crippen LogP contribution in [0, 0.1) is 5.82 Å². The van der Waals surface area contributed by atoms with Crippen LogP contribution in [0.5, 0.6) is 0 Å². The molecule has 8 heteroatoms. The van der Waals surface area contributed by atoms with Gasteiger partial charge in [0.25, 0.3) is 5.91 Å². The maximum absolute atomic E-state index is 13.3. The molecule has 1 saturated heterocycles. The summed E-state index contributed by atoms with van der Waals surface area (Å²) in [5, 5.41) is 7.04. The minimum absolute atomic E-state index is 0.141. The molecule has 2 aliphatic rings. The molecule has 1 amide bonds.